The maximum absolute atomic E-state index is 5.62. The van der Waals surface area contributed by atoms with Gasteiger partial charge in [-0.25, -0.2) is 0 Å². The van der Waals surface area contributed by atoms with Gasteiger partial charge in [-0.1, -0.05) is 56.0 Å². The van der Waals surface area contributed by atoms with Crippen molar-refractivity contribution in [3.8, 4) is 0 Å². The second kappa shape index (κ2) is 9.09. The zero-order valence-corrected chi connectivity index (χ0v) is 18.3. The molecule has 144 valence electrons. The van der Waals surface area contributed by atoms with E-state index in [1.54, 1.807) is 0 Å². The molecular formula is C22H29N3S2. The molecule has 3 nitrogen and oxygen atoms in total. The van der Waals surface area contributed by atoms with E-state index in [2.05, 4.69) is 85.4 Å². The molecule has 0 saturated carbocycles. The zero-order valence-electron chi connectivity index (χ0n) is 16.7. The number of para-hydroxylation sites is 1. The van der Waals surface area contributed by atoms with Crippen LogP contribution in [-0.2, 0) is 0 Å². The average molecular weight is 400 g/mol. The molecule has 1 unspecified atom stereocenters. The largest absolute Gasteiger partial charge is 0.376 e. The van der Waals surface area contributed by atoms with E-state index in [1.165, 1.54) is 21.2 Å². The Morgan fingerprint density at radius 3 is 2.63 bits per heavy atom. The third kappa shape index (κ3) is 4.48. The Hall–Kier alpha value is -1.56. The lowest BCUT2D eigenvalue weighted by Crippen LogP contribution is -2.39. The van der Waals surface area contributed by atoms with Crippen LogP contribution in [0.1, 0.15) is 32.8 Å². The second-order valence-electron chi connectivity index (χ2n) is 7.08. The first-order valence-electron chi connectivity index (χ1n) is 9.72. The fourth-order valence-electron chi connectivity index (χ4n) is 3.40. The highest BCUT2D eigenvalue weighted by Gasteiger charge is 2.28. The molecule has 0 bridgehead atoms. The summed E-state index contributed by atoms with van der Waals surface area (Å²) in [6.07, 6.45) is 1.07. The van der Waals surface area contributed by atoms with Crippen LogP contribution in [0.25, 0.3) is 0 Å². The van der Waals surface area contributed by atoms with Crippen molar-refractivity contribution in [1.29, 1.82) is 0 Å². The number of nitrogens with one attached hydrogen (secondary N) is 1. The fraction of sp³-hybridized carbons (Fsp3) is 0.409. The van der Waals surface area contributed by atoms with Crippen LogP contribution in [0.3, 0.4) is 0 Å². The summed E-state index contributed by atoms with van der Waals surface area (Å²) >= 11 is 7.46. The van der Waals surface area contributed by atoms with Gasteiger partial charge in [-0.15, -0.1) is 0 Å². The number of hydrogen-bond donors (Lipinski definition) is 1. The number of rotatable bonds is 7. The fourth-order valence-corrected chi connectivity index (χ4v) is 4.68. The van der Waals surface area contributed by atoms with Gasteiger partial charge in [-0.3, -0.25) is 0 Å². The molecule has 3 rings (SSSR count). The maximum atomic E-state index is 5.62. The van der Waals surface area contributed by atoms with Crippen molar-refractivity contribution in [3.05, 3.63) is 48.0 Å². The molecule has 0 fully saturated rings. The smallest absolute Gasteiger partial charge is 0.106 e. The Bertz CT molecular complexity index is 806. The third-order valence-electron chi connectivity index (χ3n) is 4.92. The summed E-state index contributed by atoms with van der Waals surface area (Å²) in [7, 11) is 2.18. The molecule has 0 radical (unpaired) electrons. The summed E-state index contributed by atoms with van der Waals surface area (Å²) in [5.74, 6) is 0. The molecular weight excluding hydrogens is 370 g/mol. The van der Waals surface area contributed by atoms with Gasteiger partial charge in [0.1, 0.15) is 4.99 Å². The van der Waals surface area contributed by atoms with E-state index in [1.807, 2.05) is 11.8 Å². The Labute approximate surface area is 173 Å². The molecule has 1 aliphatic heterocycles. The SMILES string of the molecule is CCCNC(=S)c1ccc2c(c1)N(C(C)CN(C)CC)c1ccccc1S2. The average Bonchev–Trinajstić information content (AvgIpc) is 2.69. The van der Waals surface area contributed by atoms with Crippen LogP contribution < -0.4 is 10.2 Å². The molecule has 5 heteroatoms. The second-order valence-corrected chi connectivity index (χ2v) is 8.57. The number of thiocarbonyl (C=S) groups is 1. The number of benzene rings is 2. The molecule has 0 amide bonds. The first-order valence-corrected chi connectivity index (χ1v) is 10.9. The van der Waals surface area contributed by atoms with Crippen LogP contribution in [0.15, 0.2) is 52.3 Å². The minimum atomic E-state index is 0.364. The van der Waals surface area contributed by atoms with Crippen LogP contribution in [-0.4, -0.2) is 42.6 Å². The van der Waals surface area contributed by atoms with Crippen molar-refractivity contribution in [2.45, 2.75) is 43.0 Å². The molecule has 0 aromatic heterocycles. The van der Waals surface area contributed by atoms with E-state index in [0.717, 1.165) is 36.6 Å². The number of anilines is 2. The number of hydrogen-bond acceptors (Lipinski definition) is 4. The minimum absolute atomic E-state index is 0.364. The minimum Gasteiger partial charge on any atom is -0.376 e. The molecule has 1 aliphatic rings. The zero-order chi connectivity index (χ0) is 19.4. The molecule has 1 atom stereocenters. The topological polar surface area (TPSA) is 18.5 Å². The lowest BCUT2D eigenvalue weighted by atomic mass is 10.1. The first kappa shape index (κ1) is 20.2. The van der Waals surface area contributed by atoms with Crippen molar-refractivity contribution in [3.63, 3.8) is 0 Å². The van der Waals surface area contributed by atoms with Gasteiger partial charge in [0.25, 0.3) is 0 Å². The Morgan fingerprint density at radius 2 is 1.89 bits per heavy atom. The van der Waals surface area contributed by atoms with Gasteiger partial charge < -0.3 is 15.1 Å². The van der Waals surface area contributed by atoms with E-state index in [-0.39, 0.29) is 0 Å². The van der Waals surface area contributed by atoms with E-state index < -0.39 is 0 Å². The van der Waals surface area contributed by atoms with Crippen molar-refractivity contribution < 1.29 is 0 Å². The van der Waals surface area contributed by atoms with Gasteiger partial charge in [-0.2, -0.15) is 0 Å². The van der Waals surface area contributed by atoms with E-state index >= 15 is 0 Å². The van der Waals surface area contributed by atoms with Crippen molar-refractivity contribution in [2.75, 3.05) is 31.6 Å². The van der Waals surface area contributed by atoms with Crippen LogP contribution in [0, 0.1) is 0 Å². The molecule has 0 spiro atoms. The molecule has 27 heavy (non-hydrogen) atoms. The van der Waals surface area contributed by atoms with Crippen LogP contribution in [0.2, 0.25) is 0 Å². The highest BCUT2D eigenvalue weighted by molar-refractivity contribution is 7.99. The lowest BCUT2D eigenvalue weighted by Gasteiger charge is -2.39. The van der Waals surface area contributed by atoms with Crippen LogP contribution >= 0.6 is 24.0 Å². The normalized spacial score (nSPS) is 13.9. The molecule has 1 N–H and O–H groups in total. The van der Waals surface area contributed by atoms with Gasteiger partial charge in [0.2, 0.25) is 0 Å². The highest BCUT2D eigenvalue weighted by atomic mass is 32.2. The summed E-state index contributed by atoms with van der Waals surface area (Å²) < 4.78 is 0. The summed E-state index contributed by atoms with van der Waals surface area (Å²) in [6.45, 7) is 9.64. The standard InChI is InChI=1S/C22H29N3S2/c1-5-13-23-22(26)17-11-12-21-19(14-17)25(16(3)15-24(4)6-2)18-9-7-8-10-20(18)27-21/h7-12,14,16H,5-6,13,15H2,1-4H3,(H,23,26). The van der Waals surface area contributed by atoms with E-state index in [4.69, 9.17) is 12.2 Å². The summed E-state index contributed by atoms with van der Waals surface area (Å²) in [4.78, 5) is 8.30. The van der Waals surface area contributed by atoms with Gasteiger partial charge in [0.15, 0.2) is 0 Å². The Balaban J connectivity index is 2.00. The molecule has 0 aliphatic carbocycles. The van der Waals surface area contributed by atoms with Gasteiger partial charge >= 0.3 is 0 Å². The predicted molar refractivity (Wildman–Crippen MR) is 122 cm³/mol. The van der Waals surface area contributed by atoms with E-state index in [0.29, 0.717) is 6.04 Å². The number of fused-ring (bicyclic) bond motifs is 2. The molecule has 2 aromatic rings. The molecule has 0 saturated heterocycles. The third-order valence-corrected chi connectivity index (χ3v) is 6.43. The highest BCUT2D eigenvalue weighted by Crippen LogP contribution is 2.49. The summed E-state index contributed by atoms with van der Waals surface area (Å²) in [5, 5.41) is 3.36. The van der Waals surface area contributed by atoms with Gasteiger partial charge in [0.05, 0.1) is 11.4 Å². The summed E-state index contributed by atoms with van der Waals surface area (Å²) in [5.41, 5.74) is 3.64. The van der Waals surface area contributed by atoms with Gasteiger partial charge in [0, 0.05) is 34.5 Å². The van der Waals surface area contributed by atoms with E-state index in [9.17, 15) is 0 Å². The lowest BCUT2D eigenvalue weighted by molar-refractivity contribution is 0.332. The first-order chi connectivity index (χ1) is 13.0. The summed E-state index contributed by atoms with van der Waals surface area (Å²) in [6, 6.07) is 15.7. The predicted octanol–water partition coefficient (Wildman–Crippen LogP) is 5.30. The Morgan fingerprint density at radius 1 is 1.15 bits per heavy atom. The molecule has 2 aromatic carbocycles. The quantitative estimate of drug-likeness (QED) is 0.635. The maximum Gasteiger partial charge on any atom is 0.106 e. The Kier molecular flexibility index (Phi) is 6.79. The van der Waals surface area contributed by atoms with Gasteiger partial charge in [-0.05, 0) is 51.2 Å². The van der Waals surface area contributed by atoms with Crippen LogP contribution in [0.4, 0.5) is 11.4 Å². The number of likely N-dealkylation sites (N-methyl/N-ethyl adjacent to an activating group) is 1. The van der Waals surface area contributed by atoms with Crippen molar-refractivity contribution in [1.82, 2.24) is 10.2 Å². The molecule has 1 heterocycles. The van der Waals surface area contributed by atoms with Crippen molar-refractivity contribution >= 4 is 40.3 Å². The number of nitrogens with zero attached hydrogens (tertiary/aromatic N) is 2. The van der Waals surface area contributed by atoms with Crippen LogP contribution in [0.5, 0.6) is 0 Å². The van der Waals surface area contributed by atoms with Crippen molar-refractivity contribution in [2.24, 2.45) is 0 Å². The monoisotopic (exact) mass is 399 g/mol.